The molecule has 10 heteroatoms. The topological polar surface area (TPSA) is 103 Å². The summed E-state index contributed by atoms with van der Waals surface area (Å²) >= 11 is 9.11. The van der Waals surface area contributed by atoms with E-state index < -0.39 is 17.8 Å². The molecule has 2 aromatic rings. The number of halogens is 2. The number of esters is 1. The molecule has 8 nitrogen and oxygen atoms in total. The van der Waals surface area contributed by atoms with Crippen molar-refractivity contribution >= 4 is 45.3 Å². The lowest BCUT2D eigenvalue weighted by atomic mass is 10.2. The van der Waals surface area contributed by atoms with Crippen molar-refractivity contribution in [2.75, 3.05) is 19.8 Å². The number of carbonyl (C=O) groups is 3. The van der Waals surface area contributed by atoms with Gasteiger partial charge in [0.15, 0.2) is 13.2 Å². The summed E-state index contributed by atoms with van der Waals surface area (Å²) in [6.45, 7) is 1.62. The Balaban J connectivity index is 1.69. The predicted molar refractivity (Wildman–Crippen MR) is 113 cm³/mol. The molecule has 30 heavy (non-hydrogen) atoms. The molecule has 0 atom stereocenters. The highest BCUT2D eigenvalue weighted by atomic mass is 79.9. The summed E-state index contributed by atoms with van der Waals surface area (Å²) in [5, 5.41) is 0.525. The molecule has 160 valence electrons. The van der Waals surface area contributed by atoms with Gasteiger partial charge in [-0.05, 0) is 64.8 Å². The van der Waals surface area contributed by atoms with Crippen LogP contribution in [0.3, 0.4) is 0 Å². The first-order chi connectivity index (χ1) is 14.4. The molecule has 2 N–H and O–H groups in total. The fraction of sp³-hybridized carbons (Fsp3) is 0.250. The maximum atomic E-state index is 11.8. The van der Waals surface area contributed by atoms with Crippen LogP contribution in [-0.2, 0) is 14.3 Å². The summed E-state index contributed by atoms with van der Waals surface area (Å²) in [6, 6.07) is 11.0. The van der Waals surface area contributed by atoms with Crippen LogP contribution in [0.4, 0.5) is 0 Å². The number of nitrogens with one attached hydrogen (secondary N) is 2. The third-order valence-electron chi connectivity index (χ3n) is 3.49. The third-order valence-corrected chi connectivity index (χ3v) is 4.35. The molecule has 0 unspecified atom stereocenters. The van der Waals surface area contributed by atoms with Crippen LogP contribution in [0.2, 0.25) is 5.02 Å². The molecule has 0 aliphatic carbocycles. The van der Waals surface area contributed by atoms with E-state index in [4.69, 9.17) is 25.8 Å². The van der Waals surface area contributed by atoms with Crippen LogP contribution in [-0.4, -0.2) is 37.6 Å². The van der Waals surface area contributed by atoms with Crippen LogP contribution in [0, 0.1) is 0 Å². The number of hydrazine groups is 1. The van der Waals surface area contributed by atoms with Crippen molar-refractivity contribution in [3.63, 3.8) is 0 Å². The average molecular weight is 500 g/mol. The van der Waals surface area contributed by atoms with E-state index in [0.29, 0.717) is 33.2 Å². The molecular formula is C20H20BrClN2O6. The SMILES string of the molecule is CCCOC(=O)c1ccc(OCC(=O)NNC(=O)COc2ccc(Cl)cc2Br)cc1. The van der Waals surface area contributed by atoms with Crippen molar-refractivity contribution in [1.29, 1.82) is 0 Å². The lowest BCUT2D eigenvalue weighted by Gasteiger charge is -2.11. The first-order valence-corrected chi connectivity index (χ1v) is 10.1. The highest BCUT2D eigenvalue weighted by Crippen LogP contribution is 2.27. The highest BCUT2D eigenvalue weighted by molar-refractivity contribution is 9.10. The lowest BCUT2D eigenvalue weighted by Crippen LogP contribution is -2.45. The molecule has 0 saturated heterocycles. The Labute approximate surface area is 186 Å². The van der Waals surface area contributed by atoms with Crippen LogP contribution in [0.25, 0.3) is 0 Å². The zero-order valence-electron chi connectivity index (χ0n) is 16.1. The van der Waals surface area contributed by atoms with Gasteiger partial charge in [-0.15, -0.1) is 0 Å². The number of hydrogen-bond acceptors (Lipinski definition) is 6. The minimum Gasteiger partial charge on any atom is -0.484 e. The Hall–Kier alpha value is -2.78. The van der Waals surface area contributed by atoms with Gasteiger partial charge >= 0.3 is 5.97 Å². The Kier molecular flexibility index (Phi) is 9.43. The molecule has 2 rings (SSSR count). The molecule has 2 amide bonds. The van der Waals surface area contributed by atoms with Crippen molar-refractivity contribution in [1.82, 2.24) is 10.9 Å². The fourth-order valence-electron chi connectivity index (χ4n) is 2.06. The van der Waals surface area contributed by atoms with Gasteiger partial charge in [0.1, 0.15) is 11.5 Å². The van der Waals surface area contributed by atoms with Crippen LogP contribution < -0.4 is 20.3 Å². The quantitative estimate of drug-likeness (QED) is 0.405. The van der Waals surface area contributed by atoms with Crippen LogP contribution in [0.15, 0.2) is 46.9 Å². The Morgan fingerprint density at radius 2 is 1.60 bits per heavy atom. The maximum Gasteiger partial charge on any atom is 0.338 e. The number of benzene rings is 2. The maximum absolute atomic E-state index is 11.8. The number of hydrogen-bond donors (Lipinski definition) is 2. The molecule has 0 heterocycles. The van der Waals surface area contributed by atoms with Crippen molar-refractivity contribution in [3.8, 4) is 11.5 Å². The van der Waals surface area contributed by atoms with Gasteiger partial charge in [-0.3, -0.25) is 20.4 Å². The number of ether oxygens (including phenoxy) is 3. The summed E-state index contributed by atoms with van der Waals surface area (Å²) in [6.07, 6.45) is 0.739. The number of amides is 2. The van der Waals surface area contributed by atoms with Crippen molar-refractivity contribution < 1.29 is 28.6 Å². The van der Waals surface area contributed by atoms with Crippen LogP contribution in [0.5, 0.6) is 11.5 Å². The molecule has 0 bridgehead atoms. The third kappa shape index (κ3) is 7.92. The lowest BCUT2D eigenvalue weighted by molar-refractivity contribution is -0.131. The van der Waals surface area contributed by atoms with E-state index in [1.807, 2.05) is 6.92 Å². The van der Waals surface area contributed by atoms with E-state index in [0.717, 1.165) is 6.42 Å². The zero-order valence-corrected chi connectivity index (χ0v) is 18.4. The van der Waals surface area contributed by atoms with Crippen molar-refractivity contribution in [2.24, 2.45) is 0 Å². The van der Waals surface area contributed by atoms with Crippen LogP contribution >= 0.6 is 27.5 Å². The minimum absolute atomic E-state index is 0.309. The average Bonchev–Trinajstić information content (AvgIpc) is 2.74. The van der Waals surface area contributed by atoms with E-state index in [-0.39, 0.29) is 13.2 Å². The van der Waals surface area contributed by atoms with Gasteiger partial charge < -0.3 is 14.2 Å². The molecule has 2 aromatic carbocycles. The van der Waals surface area contributed by atoms with Gasteiger partial charge in [0, 0.05) is 5.02 Å². The van der Waals surface area contributed by atoms with E-state index >= 15 is 0 Å². The predicted octanol–water partition coefficient (Wildman–Crippen LogP) is 3.27. The molecule has 0 aliphatic heterocycles. The first-order valence-electron chi connectivity index (χ1n) is 8.94. The second kappa shape index (κ2) is 12.0. The largest absolute Gasteiger partial charge is 0.484 e. The fourth-order valence-corrected chi connectivity index (χ4v) is 2.86. The molecule has 0 aliphatic rings. The normalized spacial score (nSPS) is 10.1. The first kappa shape index (κ1) is 23.5. The summed E-state index contributed by atoms with van der Waals surface area (Å²) in [5.41, 5.74) is 4.82. The standard InChI is InChI=1S/C20H20BrClN2O6/c1-2-9-28-20(27)13-3-6-15(7-4-13)29-11-18(25)23-24-19(26)12-30-17-8-5-14(22)10-16(17)21/h3-8,10H,2,9,11-12H2,1H3,(H,23,25)(H,24,26). The Bertz CT molecular complexity index is 891. The van der Waals surface area contributed by atoms with E-state index in [9.17, 15) is 14.4 Å². The molecule has 0 radical (unpaired) electrons. The van der Waals surface area contributed by atoms with Gasteiger partial charge in [-0.25, -0.2) is 4.79 Å². The van der Waals surface area contributed by atoms with Gasteiger partial charge in [0.2, 0.25) is 0 Å². The second-order valence-electron chi connectivity index (χ2n) is 5.91. The molecular weight excluding hydrogens is 480 g/mol. The summed E-state index contributed by atoms with van der Waals surface area (Å²) in [5.74, 6) is -0.718. The van der Waals surface area contributed by atoms with Crippen molar-refractivity contribution in [2.45, 2.75) is 13.3 Å². The highest BCUT2D eigenvalue weighted by Gasteiger charge is 2.10. The molecule has 0 fully saturated rings. The zero-order chi connectivity index (χ0) is 21.9. The van der Waals surface area contributed by atoms with Gasteiger partial charge in [-0.1, -0.05) is 18.5 Å². The van der Waals surface area contributed by atoms with Crippen molar-refractivity contribution in [3.05, 3.63) is 57.5 Å². The van der Waals surface area contributed by atoms with E-state index in [1.165, 1.54) is 0 Å². The van der Waals surface area contributed by atoms with E-state index in [2.05, 4.69) is 26.8 Å². The Morgan fingerprint density at radius 3 is 2.20 bits per heavy atom. The number of rotatable bonds is 9. The monoisotopic (exact) mass is 498 g/mol. The molecule has 0 aromatic heterocycles. The van der Waals surface area contributed by atoms with Crippen LogP contribution in [0.1, 0.15) is 23.7 Å². The summed E-state index contributed by atoms with van der Waals surface area (Å²) < 4.78 is 16.3. The number of carbonyl (C=O) groups excluding carboxylic acids is 3. The Morgan fingerprint density at radius 1 is 0.967 bits per heavy atom. The second-order valence-corrected chi connectivity index (χ2v) is 7.20. The van der Waals surface area contributed by atoms with Gasteiger partial charge in [-0.2, -0.15) is 0 Å². The van der Waals surface area contributed by atoms with E-state index in [1.54, 1.807) is 42.5 Å². The smallest absolute Gasteiger partial charge is 0.338 e. The minimum atomic E-state index is -0.567. The van der Waals surface area contributed by atoms with Gasteiger partial charge in [0.05, 0.1) is 16.6 Å². The summed E-state index contributed by atoms with van der Waals surface area (Å²) in [4.78, 5) is 35.3. The molecule has 0 saturated carbocycles. The van der Waals surface area contributed by atoms with Gasteiger partial charge in [0.25, 0.3) is 11.8 Å². The molecule has 0 spiro atoms. The summed E-state index contributed by atoms with van der Waals surface area (Å²) in [7, 11) is 0.